The average Bonchev–Trinajstić information content (AvgIpc) is 2.55. The monoisotopic (exact) mass is 333 g/mol. The summed E-state index contributed by atoms with van der Waals surface area (Å²) in [4.78, 5) is 0.244. The van der Waals surface area contributed by atoms with Gasteiger partial charge in [-0.1, -0.05) is 38.1 Å². The molecule has 0 bridgehead atoms. The van der Waals surface area contributed by atoms with Crippen molar-refractivity contribution in [2.75, 3.05) is 13.7 Å². The van der Waals surface area contributed by atoms with Gasteiger partial charge in [-0.2, -0.15) is 0 Å². The second kappa shape index (κ2) is 7.62. The molecule has 23 heavy (non-hydrogen) atoms. The molecule has 0 aliphatic carbocycles. The third-order valence-corrected chi connectivity index (χ3v) is 5.20. The summed E-state index contributed by atoms with van der Waals surface area (Å²) >= 11 is 0. The zero-order valence-electron chi connectivity index (χ0n) is 13.7. The summed E-state index contributed by atoms with van der Waals surface area (Å²) in [6, 6.07) is 14.7. The van der Waals surface area contributed by atoms with Crippen LogP contribution in [-0.4, -0.2) is 22.1 Å². The smallest absolute Gasteiger partial charge is 0.240 e. The van der Waals surface area contributed by atoms with Crippen LogP contribution < -0.4 is 9.46 Å². The van der Waals surface area contributed by atoms with Crippen molar-refractivity contribution in [1.29, 1.82) is 0 Å². The third kappa shape index (κ3) is 4.81. The van der Waals surface area contributed by atoms with E-state index in [4.69, 9.17) is 4.74 Å². The summed E-state index contributed by atoms with van der Waals surface area (Å²) in [7, 11) is -1.93. The van der Waals surface area contributed by atoms with Crippen LogP contribution in [0.25, 0.3) is 0 Å². The highest BCUT2D eigenvalue weighted by Gasteiger charge is 2.13. The van der Waals surface area contributed by atoms with Gasteiger partial charge in [-0.25, -0.2) is 13.1 Å². The first-order valence-electron chi connectivity index (χ1n) is 7.65. The van der Waals surface area contributed by atoms with Crippen molar-refractivity contribution < 1.29 is 13.2 Å². The summed E-state index contributed by atoms with van der Waals surface area (Å²) in [5.74, 6) is 1.13. The number of sulfonamides is 1. The number of hydrogen-bond acceptors (Lipinski definition) is 3. The van der Waals surface area contributed by atoms with Crippen LogP contribution in [0.3, 0.4) is 0 Å². The lowest BCUT2D eigenvalue weighted by atomic mass is 10.0. The van der Waals surface area contributed by atoms with Crippen molar-refractivity contribution in [2.24, 2.45) is 0 Å². The molecule has 2 aromatic carbocycles. The molecule has 0 radical (unpaired) electrons. The number of methoxy groups -OCH3 is 1. The second-order valence-electron chi connectivity index (χ2n) is 5.72. The number of hydrogen-bond donors (Lipinski definition) is 1. The van der Waals surface area contributed by atoms with Crippen LogP contribution in [0, 0.1) is 0 Å². The summed E-state index contributed by atoms with van der Waals surface area (Å²) in [6.45, 7) is 4.67. The molecule has 2 rings (SSSR count). The normalized spacial score (nSPS) is 11.7. The maximum absolute atomic E-state index is 12.2. The van der Waals surface area contributed by atoms with E-state index in [1.165, 1.54) is 5.56 Å². The van der Waals surface area contributed by atoms with Crippen LogP contribution in [0.5, 0.6) is 5.75 Å². The minimum absolute atomic E-state index is 0.244. The molecule has 0 aliphatic rings. The Labute approximate surface area is 138 Å². The summed E-state index contributed by atoms with van der Waals surface area (Å²) in [5, 5.41) is 0. The molecule has 0 amide bonds. The highest BCUT2D eigenvalue weighted by Crippen LogP contribution is 2.16. The molecule has 4 nitrogen and oxygen atoms in total. The molecule has 0 aliphatic heterocycles. The molecule has 0 saturated carbocycles. The van der Waals surface area contributed by atoms with Gasteiger partial charge in [-0.15, -0.1) is 0 Å². The topological polar surface area (TPSA) is 55.4 Å². The highest BCUT2D eigenvalue weighted by molar-refractivity contribution is 7.89. The highest BCUT2D eigenvalue weighted by atomic mass is 32.2. The van der Waals surface area contributed by atoms with Crippen LogP contribution in [0.2, 0.25) is 0 Å². The summed E-state index contributed by atoms with van der Waals surface area (Å²) in [6.07, 6.45) is 0.660. The molecule has 2 aromatic rings. The number of benzene rings is 2. The predicted octanol–water partition coefficient (Wildman–Crippen LogP) is 3.34. The first kappa shape index (κ1) is 17.5. The van der Waals surface area contributed by atoms with Crippen molar-refractivity contribution in [1.82, 2.24) is 4.72 Å². The van der Waals surface area contributed by atoms with Gasteiger partial charge in [0.25, 0.3) is 0 Å². The predicted molar refractivity (Wildman–Crippen MR) is 92.4 cm³/mol. The fourth-order valence-corrected chi connectivity index (χ4v) is 3.27. The molecular formula is C18H23NO3S. The van der Waals surface area contributed by atoms with Crippen molar-refractivity contribution >= 4 is 10.0 Å². The van der Waals surface area contributed by atoms with Gasteiger partial charge in [0.15, 0.2) is 0 Å². The lowest BCUT2D eigenvalue weighted by molar-refractivity contribution is 0.414. The SMILES string of the molecule is COc1ccc(S(=O)(=O)NCCc2ccc(C(C)C)cc2)cc1. The standard InChI is InChI=1S/C18H23NO3S/c1-14(2)16-6-4-15(5-7-16)12-13-19-23(20,21)18-10-8-17(22-3)9-11-18/h4-11,14,19H,12-13H2,1-3H3. The van der Waals surface area contributed by atoms with Crippen LogP contribution in [0.15, 0.2) is 53.4 Å². The van der Waals surface area contributed by atoms with Gasteiger partial charge in [0.1, 0.15) is 5.75 Å². The zero-order chi connectivity index (χ0) is 16.9. The van der Waals surface area contributed by atoms with E-state index in [0.29, 0.717) is 24.6 Å². The lowest BCUT2D eigenvalue weighted by Gasteiger charge is -2.09. The van der Waals surface area contributed by atoms with Gasteiger partial charge in [-0.05, 0) is 47.7 Å². The maximum atomic E-state index is 12.2. The van der Waals surface area contributed by atoms with Gasteiger partial charge < -0.3 is 4.74 Å². The largest absolute Gasteiger partial charge is 0.497 e. The Morgan fingerprint density at radius 3 is 2.13 bits per heavy atom. The molecule has 124 valence electrons. The fraction of sp³-hybridized carbons (Fsp3) is 0.333. The molecule has 0 fully saturated rings. The quantitative estimate of drug-likeness (QED) is 0.845. The molecule has 0 saturated heterocycles. The molecule has 0 heterocycles. The summed E-state index contributed by atoms with van der Waals surface area (Å²) in [5.41, 5.74) is 2.40. The molecular weight excluding hydrogens is 310 g/mol. The number of nitrogens with one attached hydrogen (secondary N) is 1. The van der Waals surface area contributed by atoms with E-state index >= 15 is 0 Å². The molecule has 0 spiro atoms. The van der Waals surface area contributed by atoms with Crippen LogP contribution >= 0.6 is 0 Å². The molecule has 0 aromatic heterocycles. The third-order valence-electron chi connectivity index (χ3n) is 3.72. The van der Waals surface area contributed by atoms with Crippen molar-refractivity contribution in [3.05, 3.63) is 59.7 Å². The van der Waals surface area contributed by atoms with E-state index < -0.39 is 10.0 Å². The number of rotatable bonds is 7. The van der Waals surface area contributed by atoms with Crippen LogP contribution in [-0.2, 0) is 16.4 Å². The lowest BCUT2D eigenvalue weighted by Crippen LogP contribution is -2.25. The van der Waals surface area contributed by atoms with E-state index in [1.54, 1.807) is 31.4 Å². The van der Waals surface area contributed by atoms with Crippen molar-refractivity contribution in [3.63, 3.8) is 0 Å². The molecule has 5 heteroatoms. The molecule has 1 N–H and O–H groups in total. The van der Waals surface area contributed by atoms with Crippen molar-refractivity contribution in [2.45, 2.75) is 31.1 Å². The summed E-state index contributed by atoms with van der Waals surface area (Å²) < 4.78 is 32.1. The Bertz CT molecular complexity index is 720. The van der Waals surface area contributed by atoms with Crippen molar-refractivity contribution in [3.8, 4) is 5.75 Å². The van der Waals surface area contributed by atoms with Gasteiger partial charge in [0, 0.05) is 6.54 Å². The molecule has 0 unspecified atom stereocenters. The molecule has 0 atom stereocenters. The Hall–Kier alpha value is -1.85. The van der Waals surface area contributed by atoms with E-state index in [-0.39, 0.29) is 4.90 Å². The van der Waals surface area contributed by atoms with E-state index in [9.17, 15) is 8.42 Å². The minimum atomic E-state index is -3.48. The van der Waals surface area contributed by atoms with Crippen LogP contribution in [0.4, 0.5) is 0 Å². The van der Waals surface area contributed by atoms with Gasteiger partial charge in [0.05, 0.1) is 12.0 Å². The zero-order valence-corrected chi connectivity index (χ0v) is 14.6. The first-order chi connectivity index (χ1) is 10.9. The van der Waals surface area contributed by atoms with Gasteiger partial charge >= 0.3 is 0 Å². The number of ether oxygens (including phenoxy) is 1. The first-order valence-corrected chi connectivity index (χ1v) is 9.13. The van der Waals surface area contributed by atoms with E-state index in [2.05, 4.69) is 42.8 Å². The average molecular weight is 333 g/mol. The van der Waals surface area contributed by atoms with E-state index in [0.717, 1.165) is 5.56 Å². The van der Waals surface area contributed by atoms with Gasteiger partial charge in [0.2, 0.25) is 10.0 Å². The Kier molecular flexibility index (Phi) is 5.80. The second-order valence-corrected chi connectivity index (χ2v) is 7.49. The van der Waals surface area contributed by atoms with Gasteiger partial charge in [-0.3, -0.25) is 0 Å². The fourth-order valence-electron chi connectivity index (χ4n) is 2.24. The van der Waals surface area contributed by atoms with E-state index in [1.807, 2.05) is 0 Å². The minimum Gasteiger partial charge on any atom is -0.497 e. The maximum Gasteiger partial charge on any atom is 0.240 e. The Morgan fingerprint density at radius 1 is 1.00 bits per heavy atom. The Morgan fingerprint density at radius 2 is 1.61 bits per heavy atom. The Balaban J connectivity index is 1.93. The van der Waals surface area contributed by atoms with Crippen LogP contribution in [0.1, 0.15) is 30.9 Å².